The van der Waals surface area contributed by atoms with Crippen molar-refractivity contribution >= 4 is 27.5 Å². The molecule has 0 bridgehead atoms. The third kappa shape index (κ3) is 6.13. The van der Waals surface area contributed by atoms with E-state index in [0.717, 1.165) is 5.56 Å². The molecule has 0 saturated heterocycles. The van der Waals surface area contributed by atoms with Crippen molar-refractivity contribution in [1.29, 1.82) is 0 Å². The van der Waals surface area contributed by atoms with Crippen LogP contribution < -0.4 is 10.0 Å². The molecule has 2 aromatic carbocycles. The number of nitrogens with one attached hydrogen (secondary N) is 2. The lowest BCUT2D eigenvalue weighted by atomic mass is 10.1. The van der Waals surface area contributed by atoms with E-state index >= 15 is 0 Å². The number of nitrogens with zero attached hydrogens (tertiary/aromatic N) is 1. The van der Waals surface area contributed by atoms with Crippen LogP contribution in [-0.2, 0) is 21.2 Å². The Balaban J connectivity index is 1.96. The number of rotatable bonds is 9. The Morgan fingerprint density at radius 2 is 1.66 bits per heavy atom. The number of anilines is 1. The molecule has 0 heterocycles. The van der Waals surface area contributed by atoms with Crippen LogP contribution in [0.1, 0.15) is 36.2 Å². The number of hydrogen-bond donors (Lipinski definition) is 2. The highest BCUT2D eigenvalue weighted by molar-refractivity contribution is 7.89. The summed E-state index contributed by atoms with van der Waals surface area (Å²) in [5.74, 6) is -0.243. The summed E-state index contributed by atoms with van der Waals surface area (Å²) in [5.41, 5.74) is 1.97. The number of aryl methyl sites for hydroxylation is 1. The van der Waals surface area contributed by atoms with E-state index in [0.29, 0.717) is 30.8 Å². The van der Waals surface area contributed by atoms with Gasteiger partial charge in [-0.25, -0.2) is 13.1 Å². The second-order valence-corrected chi connectivity index (χ2v) is 8.34. The van der Waals surface area contributed by atoms with Crippen molar-refractivity contribution in [2.24, 2.45) is 0 Å². The number of amides is 2. The van der Waals surface area contributed by atoms with Crippen LogP contribution in [0.15, 0.2) is 53.4 Å². The lowest BCUT2D eigenvalue weighted by Crippen LogP contribution is -2.30. The molecular formula is C21H27N3O4S. The van der Waals surface area contributed by atoms with Crippen LogP contribution in [0.2, 0.25) is 0 Å². The summed E-state index contributed by atoms with van der Waals surface area (Å²) in [6, 6.07) is 13.3. The second kappa shape index (κ2) is 10.2. The molecule has 0 radical (unpaired) electrons. The van der Waals surface area contributed by atoms with Crippen molar-refractivity contribution in [1.82, 2.24) is 9.62 Å². The number of carbonyl (C=O) groups is 2. The standard InChI is InChI=1S/C21H27N3O4S/c1-4-24(5-2)21(26)17-7-6-8-18(15-17)23-20(25)14-11-16-9-12-19(13-10-16)29(27,28)22-3/h6-10,12-13,15,22H,4-5,11,14H2,1-3H3,(H,23,25). The van der Waals surface area contributed by atoms with Crippen LogP contribution in [0.25, 0.3) is 0 Å². The van der Waals surface area contributed by atoms with Gasteiger partial charge in [0.2, 0.25) is 15.9 Å². The van der Waals surface area contributed by atoms with Crippen LogP contribution in [0.4, 0.5) is 5.69 Å². The molecule has 0 atom stereocenters. The highest BCUT2D eigenvalue weighted by Gasteiger charge is 2.14. The van der Waals surface area contributed by atoms with Gasteiger partial charge in [-0.2, -0.15) is 0 Å². The van der Waals surface area contributed by atoms with E-state index in [1.165, 1.54) is 19.2 Å². The maximum atomic E-state index is 12.4. The number of benzene rings is 2. The first-order chi connectivity index (χ1) is 13.8. The first-order valence-corrected chi connectivity index (χ1v) is 11.0. The van der Waals surface area contributed by atoms with Gasteiger partial charge in [-0.1, -0.05) is 18.2 Å². The highest BCUT2D eigenvalue weighted by atomic mass is 32.2. The molecule has 0 aromatic heterocycles. The zero-order valence-electron chi connectivity index (χ0n) is 16.9. The number of hydrogen-bond acceptors (Lipinski definition) is 4. The normalized spacial score (nSPS) is 11.1. The van der Waals surface area contributed by atoms with Crippen molar-refractivity contribution < 1.29 is 18.0 Å². The smallest absolute Gasteiger partial charge is 0.253 e. The topological polar surface area (TPSA) is 95.6 Å². The Kier molecular flexibility index (Phi) is 7.92. The quantitative estimate of drug-likeness (QED) is 0.656. The Morgan fingerprint density at radius 1 is 1.00 bits per heavy atom. The van der Waals surface area contributed by atoms with E-state index in [1.54, 1.807) is 41.3 Å². The number of sulfonamides is 1. The number of carbonyl (C=O) groups excluding carboxylic acids is 2. The summed E-state index contributed by atoms with van der Waals surface area (Å²) in [4.78, 5) is 26.6. The van der Waals surface area contributed by atoms with Crippen molar-refractivity contribution in [3.8, 4) is 0 Å². The van der Waals surface area contributed by atoms with E-state index in [-0.39, 0.29) is 23.1 Å². The van der Waals surface area contributed by atoms with Crippen molar-refractivity contribution in [3.05, 3.63) is 59.7 Å². The van der Waals surface area contributed by atoms with Gasteiger partial charge in [0, 0.05) is 30.8 Å². The summed E-state index contributed by atoms with van der Waals surface area (Å²) in [6.07, 6.45) is 0.718. The Labute approximate surface area is 172 Å². The summed E-state index contributed by atoms with van der Waals surface area (Å²) in [5, 5.41) is 2.81. The molecule has 156 valence electrons. The molecular weight excluding hydrogens is 390 g/mol. The predicted octanol–water partition coefficient (Wildman–Crippen LogP) is 2.65. The Bertz CT molecular complexity index is 952. The minimum absolute atomic E-state index is 0.0669. The molecule has 2 rings (SSSR count). The van der Waals surface area contributed by atoms with Gasteiger partial charge in [0.25, 0.3) is 5.91 Å². The molecule has 2 amide bonds. The van der Waals surface area contributed by atoms with E-state index in [4.69, 9.17) is 0 Å². The van der Waals surface area contributed by atoms with Crippen LogP contribution in [0.5, 0.6) is 0 Å². The van der Waals surface area contributed by atoms with Gasteiger partial charge in [0.1, 0.15) is 0 Å². The zero-order chi connectivity index (χ0) is 21.4. The van der Waals surface area contributed by atoms with Gasteiger partial charge in [-0.05, 0) is 63.2 Å². The molecule has 0 aliphatic heterocycles. The molecule has 29 heavy (non-hydrogen) atoms. The monoisotopic (exact) mass is 417 g/mol. The van der Waals surface area contributed by atoms with Gasteiger partial charge in [0.15, 0.2) is 0 Å². The summed E-state index contributed by atoms with van der Waals surface area (Å²) >= 11 is 0. The molecule has 0 aliphatic carbocycles. The molecule has 0 saturated carbocycles. The van der Waals surface area contributed by atoms with Gasteiger partial charge < -0.3 is 10.2 Å². The third-order valence-electron chi connectivity index (χ3n) is 4.59. The van der Waals surface area contributed by atoms with Crippen LogP contribution in [0, 0.1) is 0 Å². The van der Waals surface area contributed by atoms with Crippen molar-refractivity contribution in [2.45, 2.75) is 31.6 Å². The van der Waals surface area contributed by atoms with Gasteiger partial charge in [-0.3, -0.25) is 9.59 Å². The molecule has 2 aromatic rings. The fourth-order valence-corrected chi connectivity index (χ4v) is 3.59. The molecule has 2 N–H and O–H groups in total. The molecule has 0 unspecified atom stereocenters. The minimum atomic E-state index is -3.47. The molecule has 0 spiro atoms. The minimum Gasteiger partial charge on any atom is -0.339 e. The van der Waals surface area contributed by atoms with Gasteiger partial charge >= 0.3 is 0 Å². The van der Waals surface area contributed by atoms with Crippen molar-refractivity contribution in [2.75, 3.05) is 25.5 Å². The maximum Gasteiger partial charge on any atom is 0.253 e. The van der Waals surface area contributed by atoms with E-state index in [2.05, 4.69) is 10.0 Å². The van der Waals surface area contributed by atoms with E-state index in [9.17, 15) is 18.0 Å². The van der Waals surface area contributed by atoms with Crippen LogP contribution in [-0.4, -0.2) is 45.3 Å². The lowest BCUT2D eigenvalue weighted by Gasteiger charge is -2.19. The average molecular weight is 418 g/mol. The highest BCUT2D eigenvalue weighted by Crippen LogP contribution is 2.15. The Hall–Kier alpha value is -2.71. The van der Waals surface area contributed by atoms with Gasteiger partial charge in [-0.15, -0.1) is 0 Å². The zero-order valence-corrected chi connectivity index (χ0v) is 17.8. The fraction of sp³-hybridized carbons (Fsp3) is 0.333. The maximum absolute atomic E-state index is 12.4. The average Bonchev–Trinajstić information content (AvgIpc) is 2.73. The summed E-state index contributed by atoms with van der Waals surface area (Å²) in [6.45, 7) is 5.10. The second-order valence-electron chi connectivity index (χ2n) is 6.46. The third-order valence-corrected chi connectivity index (χ3v) is 6.02. The first-order valence-electron chi connectivity index (χ1n) is 9.52. The summed E-state index contributed by atoms with van der Waals surface area (Å²) < 4.78 is 25.7. The molecule has 0 aliphatic rings. The molecule has 0 fully saturated rings. The first kappa shape index (κ1) is 22.6. The van der Waals surface area contributed by atoms with Crippen molar-refractivity contribution in [3.63, 3.8) is 0 Å². The van der Waals surface area contributed by atoms with E-state index < -0.39 is 10.0 Å². The van der Waals surface area contributed by atoms with Crippen LogP contribution in [0.3, 0.4) is 0 Å². The lowest BCUT2D eigenvalue weighted by molar-refractivity contribution is -0.116. The SMILES string of the molecule is CCN(CC)C(=O)c1cccc(NC(=O)CCc2ccc(S(=O)(=O)NC)cc2)c1. The van der Waals surface area contributed by atoms with Crippen LogP contribution >= 0.6 is 0 Å². The van der Waals surface area contributed by atoms with Gasteiger partial charge in [0.05, 0.1) is 4.90 Å². The Morgan fingerprint density at radius 3 is 2.24 bits per heavy atom. The summed E-state index contributed by atoms with van der Waals surface area (Å²) in [7, 11) is -2.11. The predicted molar refractivity (Wildman–Crippen MR) is 113 cm³/mol. The molecule has 7 nitrogen and oxygen atoms in total. The molecule has 8 heteroatoms. The fourth-order valence-electron chi connectivity index (χ4n) is 2.86. The van der Waals surface area contributed by atoms with E-state index in [1.807, 2.05) is 13.8 Å². The largest absolute Gasteiger partial charge is 0.339 e.